The molecule has 0 amide bonds. The van der Waals surface area contributed by atoms with Crippen LogP contribution in [0.25, 0.3) is 0 Å². The molecule has 2 bridgehead atoms. The van der Waals surface area contributed by atoms with Gasteiger partial charge in [0.25, 0.3) is 0 Å². The summed E-state index contributed by atoms with van der Waals surface area (Å²) in [5.41, 5.74) is -0.549. The van der Waals surface area contributed by atoms with E-state index in [1.54, 1.807) is 0 Å². The van der Waals surface area contributed by atoms with Crippen molar-refractivity contribution < 1.29 is 24.4 Å². The van der Waals surface area contributed by atoms with Gasteiger partial charge in [0.2, 0.25) is 5.79 Å². The highest BCUT2D eigenvalue weighted by Crippen LogP contribution is 2.60. The number of fused-ring (bicyclic) bond motifs is 2. The lowest BCUT2D eigenvalue weighted by atomic mass is 9.58. The first-order valence-corrected chi connectivity index (χ1v) is 7.84. The normalized spacial score (nSPS) is 61.8. The van der Waals surface area contributed by atoms with Crippen molar-refractivity contribution in [2.75, 3.05) is 0 Å². The van der Waals surface area contributed by atoms with Crippen LogP contribution >= 0.6 is 0 Å². The molecule has 4 heterocycles. The molecule has 114 valence electrons. The van der Waals surface area contributed by atoms with Gasteiger partial charge in [-0.15, -0.1) is 0 Å². The summed E-state index contributed by atoms with van der Waals surface area (Å²) in [6.45, 7) is 6.22. The Hall–Kier alpha value is -0.200. The Morgan fingerprint density at radius 3 is 2.65 bits per heavy atom. The van der Waals surface area contributed by atoms with Crippen molar-refractivity contribution in [1.29, 1.82) is 0 Å². The third-order valence-electron chi connectivity index (χ3n) is 6.12. The monoisotopic (exact) mass is 284 g/mol. The van der Waals surface area contributed by atoms with Crippen LogP contribution in [0.4, 0.5) is 0 Å². The van der Waals surface area contributed by atoms with E-state index in [1.165, 1.54) is 6.42 Å². The van der Waals surface area contributed by atoms with Crippen molar-refractivity contribution in [1.82, 2.24) is 0 Å². The third kappa shape index (κ3) is 1.56. The van der Waals surface area contributed by atoms with Crippen molar-refractivity contribution in [2.24, 2.45) is 23.7 Å². The Balaban J connectivity index is 1.82. The number of aliphatic hydroxyl groups is 1. The average molecular weight is 284 g/mol. The molecule has 1 N–H and O–H groups in total. The molecule has 5 aliphatic rings. The van der Waals surface area contributed by atoms with Gasteiger partial charge < -0.3 is 14.6 Å². The lowest BCUT2D eigenvalue weighted by Gasteiger charge is -2.59. The van der Waals surface area contributed by atoms with E-state index in [4.69, 9.17) is 19.2 Å². The zero-order valence-corrected chi connectivity index (χ0v) is 12.4. The summed E-state index contributed by atoms with van der Waals surface area (Å²) in [6, 6.07) is 0. The molecule has 20 heavy (non-hydrogen) atoms. The van der Waals surface area contributed by atoms with Crippen LogP contribution in [0, 0.1) is 23.7 Å². The SMILES string of the molecule is C[C@H]1[C@@H](O)O[C@@H]2O[C@]3(C)CC[C@H]4[C@H](C)CC[C@@H]1[C@@]24OO3. The summed E-state index contributed by atoms with van der Waals surface area (Å²) in [4.78, 5) is 11.6. The second kappa shape index (κ2) is 4.17. The lowest BCUT2D eigenvalue weighted by Crippen LogP contribution is -2.70. The van der Waals surface area contributed by atoms with Crippen molar-refractivity contribution in [3.05, 3.63) is 0 Å². The van der Waals surface area contributed by atoms with Gasteiger partial charge in [-0.25, -0.2) is 9.78 Å². The molecule has 0 aromatic carbocycles. The van der Waals surface area contributed by atoms with Crippen LogP contribution < -0.4 is 0 Å². The molecule has 5 rings (SSSR count). The summed E-state index contributed by atoms with van der Waals surface area (Å²) in [5.74, 6) is 0.437. The fourth-order valence-electron chi connectivity index (χ4n) is 4.89. The Morgan fingerprint density at radius 1 is 1.05 bits per heavy atom. The molecule has 0 radical (unpaired) electrons. The highest BCUT2D eigenvalue weighted by atomic mass is 17.3. The highest BCUT2D eigenvalue weighted by molar-refractivity contribution is 5.08. The van der Waals surface area contributed by atoms with E-state index in [-0.39, 0.29) is 11.8 Å². The van der Waals surface area contributed by atoms with Crippen LogP contribution in [-0.2, 0) is 19.2 Å². The molecule has 5 fully saturated rings. The smallest absolute Gasteiger partial charge is 0.201 e. The van der Waals surface area contributed by atoms with Crippen molar-refractivity contribution in [2.45, 2.75) is 70.4 Å². The minimum Gasteiger partial charge on any atom is -0.368 e. The number of ether oxygens (including phenoxy) is 2. The standard InChI is InChI=1S/C15H24O5/c1-8-4-5-11-9(2)12(16)17-13-15(11)10(8)6-7-14(3,18-13)19-20-15/h8-13,16H,4-7H2,1-3H3/t8-,9-,10+,11+,12+,13-,14+,15-/m1/s1. The summed E-state index contributed by atoms with van der Waals surface area (Å²) in [7, 11) is 0. The van der Waals surface area contributed by atoms with E-state index in [0.29, 0.717) is 11.8 Å². The van der Waals surface area contributed by atoms with Crippen LogP contribution in [-0.4, -0.2) is 29.1 Å². The first kappa shape index (κ1) is 13.5. The quantitative estimate of drug-likeness (QED) is 0.691. The third-order valence-corrected chi connectivity index (χ3v) is 6.12. The van der Waals surface area contributed by atoms with Gasteiger partial charge >= 0.3 is 0 Å². The predicted molar refractivity (Wildman–Crippen MR) is 69.0 cm³/mol. The summed E-state index contributed by atoms with van der Waals surface area (Å²) in [5, 5.41) is 10.2. The summed E-state index contributed by atoms with van der Waals surface area (Å²) >= 11 is 0. The van der Waals surface area contributed by atoms with E-state index in [9.17, 15) is 5.11 Å². The highest BCUT2D eigenvalue weighted by Gasteiger charge is 2.69. The van der Waals surface area contributed by atoms with Gasteiger partial charge in [-0.1, -0.05) is 13.8 Å². The first-order valence-electron chi connectivity index (χ1n) is 7.84. The molecule has 4 aliphatic heterocycles. The van der Waals surface area contributed by atoms with Crippen LogP contribution in [0.2, 0.25) is 0 Å². The maximum atomic E-state index is 10.2. The lowest BCUT2D eigenvalue weighted by molar-refractivity contribution is -0.576. The second-order valence-electron chi connectivity index (χ2n) is 7.30. The minimum absolute atomic E-state index is 0.0379. The number of hydrogen-bond acceptors (Lipinski definition) is 5. The molecule has 1 aliphatic carbocycles. The maximum Gasteiger partial charge on any atom is 0.201 e. The Morgan fingerprint density at radius 2 is 1.85 bits per heavy atom. The van der Waals surface area contributed by atoms with Gasteiger partial charge in [0.05, 0.1) is 0 Å². The van der Waals surface area contributed by atoms with Gasteiger partial charge in [0, 0.05) is 18.3 Å². The van der Waals surface area contributed by atoms with Gasteiger partial charge in [0.1, 0.15) is 0 Å². The molecular formula is C15H24O5. The van der Waals surface area contributed by atoms with Crippen molar-refractivity contribution in [3.8, 4) is 0 Å². The predicted octanol–water partition coefficient (Wildman–Crippen LogP) is 2.19. The molecule has 5 heteroatoms. The van der Waals surface area contributed by atoms with Gasteiger partial charge in [-0.2, -0.15) is 0 Å². The maximum absolute atomic E-state index is 10.2. The molecule has 1 spiro atoms. The Kier molecular flexibility index (Phi) is 2.81. The zero-order valence-electron chi connectivity index (χ0n) is 12.4. The molecule has 0 aromatic rings. The summed E-state index contributed by atoms with van der Waals surface area (Å²) < 4.78 is 11.9. The van der Waals surface area contributed by atoms with Crippen LogP contribution in [0.1, 0.15) is 46.5 Å². The van der Waals surface area contributed by atoms with Crippen LogP contribution in [0.15, 0.2) is 0 Å². The fourth-order valence-corrected chi connectivity index (χ4v) is 4.89. The van der Waals surface area contributed by atoms with Crippen molar-refractivity contribution in [3.63, 3.8) is 0 Å². The molecule has 1 saturated carbocycles. The van der Waals surface area contributed by atoms with Gasteiger partial charge in [0.15, 0.2) is 18.2 Å². The fraction of sp³-hybridized carbons (Fsp3) is 1.00. The number of aliphatic hydroxyl groups excluding tert-OH is 1. The van der Waals surface area contributed by atoms with Crippen LogP contribution in [0.3, 0.4) is 0 Å². The first-order chi connectivity index (χ1) is 9.46. The van der Waals surface area contributed by atoms with E-state index in [0.717, 1.165) is 19.3 Å². The van der Waals surface area contributed by atoms with E-state index >= 15 is 0 Å². The average Bonchev–Trinajstić information content (AvgIpc) is 2.63. The second-order valence-corrected chi connectivity index (χ2v) is 7.30. The largest absolute Gasteiger partial charge is 0.368 e. The topological polar surface area (TPSA) is 57.2 Å². The molecule has 0 unspecified atom stereocenters. The Labute approximate surface area is 119 Å². The molecule has 5 nitrogen and oxygen atoms in total. The van der Waals surface area contributed by atoms with Gasteiger partial charge in [-0.3, -0.25) is 0 Å². The molecule has 0 aromatic heterocycles. The minimum atomic E-state index is -0.781. The van der Waals surface area contributed by atoms with Gasteiger partial charge in [-0.05, 0) is 38.0 Å². The van der Waals surface area contributed by atoms with E-state index < -0.39 is 24.0 Å². The molecule has 4 saturated heterocycles. The number of hydrogen-bond donors (Lipinski definition) is 1. The van der Waals surface area contributed by atoms with E-state index in [2.05, 4.69) is 6.92 Å². The molecule has 8 atom stereocenters. The Bertz CT molecular complexity index is 411. The van der Waals surface area contributed by atoms with E-state index in [1.807, 2.05) is 13.8 Å². The van der Waals surface area contributed by atoms with Crippen LogP contribution in [0.5, 0.6) is 0 Å². The number of rotatable bonds is 0. The summed E-state index contributed by atoms with van der Waals surface area (Å²) in [6.07, 6.45) is 2.72. The molecular weight excluding hydrogens is 260 g/mol. The van der Waals surface area contributed by atoms with Crippen molar-refractivity contribution >= 4 is 0 Å². The zero-order chi connectivity index (χ0) is 14.1.